The largest absolute Gasteiger partial charge is 0.504 e. The van der Waals surface area contributed by atoms with E-state index in [1.165, 1.54) is 7.11 Å². The highest BCUT2D eigenvalue weighted by atomic mass is 16.5. The van der Waals surface area contributed by atoms with E-state index in [4.69, 9.17) is 14.5 Å². The minimum absolute atomic E-state index is 0.0922. The number of hydrogen-bond donors (Lipinski definition) is 2. The van der Waals surface area contributed by atoms with Crippen molar-refractivity contribution in [3.8, 4) is 28.5 Å². The Balaban J connectivity index is 1.87. The maximum absolute atomic E-state index is 9.80. The number of benzene rings is 2. The van der Waals surface area contributed by atoms with Crippen LogP contribution in [0.4, 0.5) is 5.82 Å². The van der Waals surface area contributed by atoms with Gasteiger partial charge >= 0.3 is 0 Å². The molecule has 2 N–H and O–H groups in total. The van der Waals surface area contributed by atoms with Crippen LogP contribution in [0.1, 0.15) is 31.4 Å². The molecule has 2 aromatic carbocycles. The zero-order chi connectivity index (χ0) is 19.9. The molecule has 0 aliphatic heterocycles. The Morgan fingerprint density at radius 3 is 2.68 bits per heavy atom. The summed E-state index contributed by atoms with van der Waals surface area (Å²) in [6, 6.07) is 13.3. The molecule has 28 heavy (non-hydrogen) atoms. The molecule has 3 rings (SSSR count). The third-order valence-electron chi connectivity index (χ3n) is 4.51. The molecule has 1 aromatic heterocycles. The van der Waals surface area contributed by atoms with Crippen molar-refractivity contribution in [3.05, 3.63) is 60.4 Å². The molecular weight excluding hydrogens is 354 g/mol. The van der Waals surface area contributed by atoms with Crippen molar-refractivity contribution in [3.63, 3.8) is 0 Å². The Morgan fingerprint density at radius 1 is 1.07 bits per heavy atom. The Labute approximate surface area is 165 Å². The van der Waals surface area contributed by atoms with E-state index in [2.05, 4.69) is 23.3 Å². The van der Waals surface area contributed by atoms with Crippen LogP contribution in [0, 0.1) is 0 Å². The van der Waals surface area contributed by atoms with Crippen LogP contribution in [-0.2, 0) is 0 Å². The highest BCUT2D eigenvalue weighted by Gasteiger charge is 2.13. The molecule has 0 aliphatic rings. The molecule has 146 valence electrons. The van der Waals surface area contributed by atoms with Crippen LogP contribution in [0.5, 0.6) is 17.2 Å². The number of aromatic hydroxyl groups is 1. The lowest BCUT2D eigenvalue weighted by Gasteiger charge is -2.20. The van der Waals surface area contributed by atoms with Gasteiger partial charge < -0.3 is 19.9 Å². The number of nitrogens with zero attached hydrogens (tertiary/aromatic N) is 2. The van der Waals surface area contributed by atoms with Crippen LogP contribution in [0.25, 0.3) is 11.3 Å². The molecule has 0 amide bonds. The summed E-state index contributed by atoms with van der Waals surface area (Å²) >= 11 is 0. The second kappa shape index (κ2) is 9.08. The number of anilines is 1. The molecule has 6 heteroatoms. The number of nitrogens with one attached hydrogen (secondary N) is 1. The molecule has 6 nitrogen and oxygen atoms in total. The molecular formula is C22H25N3O3. The topological polar surface area (TPSA) is 76.5 Å². The molecule has 0 aliphatic carbocycles. The Hall–Kier alpha value is -3.28. The van der Waals surface area contributed by atoms with E-state index in [0.29, 0.717) is 17.3 Å². The Morgan fingerprint density at radius 2 is 1.93 bits per heavy atom. The van der Waals surface area contributed by atoms with Gasteiger partial charge in [0.05, 0.1) is 38.3 Å². The van der Waals surface area contributed by atoms with Gasteiger partial charge in [0.15, 0.2) is 11.5 Å². The van der Waals surface area contributed by atoms with Crippen LogP contribution in [0.2, 0.25) is 0 Å². The van der Waals surface area contributed by atoms with Gasteiger partial charge in [-0.1, -0.05) is 25.5 Å². The lowest BCUT2D eigenvalue weighted by atomic mass is 10.0. The lowest BCUT2D eigenvalue weighted by molar-refractivity contribution is 0.373. The molecule has 0 radical (unpaired) electrons. The van der Waals surface area contributed by atoms with E-state index >= 15 is 0 Å². The van der Waals surface area contributed by atoms with Crippen LogP contribution in [0.3, 0.4) is 0 Å². The standard InChI is InChI=1S/C22H25N3O3/c1-4-6-18(15-7-5-8-17(11-15)27-2)24-22-14-23-13-19(25-22)16-9-10-20(26)21(12-16)28-3/h5,7-14,18,26H,4,6H2,1-3H3,(H,24,25)/t18-/m1/s1. The molecule has 0 bridgehead atoms. The number of methoxy groups -OCH3 is 2. The monoisotopic (exact) mass is 379 g/mol. The van der Waals surface area contributed by atoms with Gasteiger partial charge in [-0.3, -0.25) is 4.98 Å². The van der Waals surface area contributed by atoms with Crippen LogP contribution >= 0.6 is 0 Å². The molecule has 1 heterocycles. The molecule has 0 saturated carbocycles. The predicted molar refractivity (Wildman–Crippen MR) is 110 cm³/mol. The second-order valence-electron chi connectivity index (χ2n) is 6.44. The summed E-state index contributed by atoms with van der Waals surface area (Å²) < 4.78 is 10.5. The van der Waals surface area contributed by atoms with E-state index in [0.717, 1.165) is 29.7 Å². The Bertz CT molecular complexity index is 930. The molecule has 0 saturated heterocycles. The van der Waals surface area contributed by atoms with E-state index in [9.17, 15) is 5.11 Å². The first-order valence-corrected chi connectivity index (χ1v) is 9.24. The van der Waals surface area contributed by atoms with Crippen molar-refractivity contribution in [1.82, 2.24) is 9.97 Å². The zero-order valence-corrected chi connectivity index (χ0v) is 16.3. The summed E-state index contributed by atoms with van der Waals surface area (Å²) in [5.41, 5.74) is 2.66. The quantitative estimate of drug-likeness (QED) is 0.584. The number of phenols is 1. The molecule has 3 aromatic rings. The summed E-state index contributed by atoms with van der Waals surface area (Å²) in [4.78, 5) is 9.02. The van der Waals surface area contributed by atoms with Gasteiger partial charge in [0.2, 0.25) is 0 Å². The summed E-state index contributed by atoms with van der Waals surface area (Å²) in [5.74, 6) is 2.01. The maximum Gasteiger partial charge on any atom is 0.161 e. The normalized spacial score (nSPS) is 11.7. The number of rotatable bonds is 8. The van der Waals surface area contributed by atoms with Gasteiger partial charge in [0.1, 0.15) is 11.6 Å². The van der Waals surface area contributed by atoms with Gasteiger partial charge in [-0.25, -0.2) is 4.98 Å². The minimum atomic E-state index is 0.0922. The van der Waals surface area contributed by atoms with E-state index in [1.807, 2.05) is 18.2 Å². The highest BCUT2D eigenvalue weighted by molar-refractivity contribution is 5.64. The third kappa shape index (κ3) is 4.52. The van der Waals surface area contributed by atoms with Gasteiger partial charge in [-0.2, -0.15) is 0 Å². The lowest BCUT2D eigenvalue weighted by Crippen LogP contribution is -2.12. The van der Waals surface area contributed by atoms with E-state index in [-0.39, 0.29) is 11.8 Å². The Kier molecular flexibility index (Phi) is 6.32. The van der Waals surface area contributed by atoms with Crippen molar-refractivity contribution in [2.75, 3.05) is 19.5 Å². The smallest absolute Gasteiger partial charge is 0.161 e. The average molecular weight is 379 g/mol. The number of hydrogen-bond acceptors (Lipinski definition) is 6. The fourth-order valence-corrected chi connectivity index (χ4v) is 3.06. The minimum Gasteiger partial charge on any atom is -0.504 e. The van der Waals surface area contributed by atoms with Crippen LogP contribution in [-0.4, -0.2) is 29.3 Å². The molecule has 0 unspecified atom stereocenters. The summed E-state index contributed by atoms with van der Waals surface area (Å²) in [6.07, 6.45) is 5.38. The second-order valence-corrected chi connectivity index (χ2v) is 6.44. The fourth-order valence-electron chi connectivity index (χ4n) is 3.06. The molecule has 1 atom stereocenters. The predicted octanol–water partition coefficient (Wildman–Crippen LogP) is 4.82. The zero-order valence-electron chi connectivity index (χ0n) is 16.3. The SMILES string of the molecule is CCC[C@@H](Nc1cncc(-c2ccc(O)c(OC)c2)n1)c1cccc(OC)c1. The van der Waals surface area contributed by atoms with Crippen molar-refractivity contribution in [2.45, 2.75) is 25.8 Å². The number of phenolic OH excluding ortho intramolecular Hbond substituents is 1. The first-order valence-electron chi connectivity index (χ1n) is 9.24. The van der Waals surface area contributed by atoms with Crippen molar-refractivity contribution >= 4 is 5.82 Å². The number of aromatic nitrogens is 2. The summed E-state index contributed by atoms with van der Waals surface area (Å²) in [6.45, 7) is 2.15. The fraction of sp³-hybridized carbons (Fsp3) is 0.273. The van der Waals surface area contributed by atoms with Gasteiger partial charge in [-0.05, 0) is 42.3 Å². The van der Waals surface area contributed by atoms with Crippen molar-refractivity contribution in [2.24, 2.45) is 0 Å². The molecule has 0 fully saturated rings. The van der Waals surface area contributed by atoms with Gasteiger partial charge in [-0.15, -0.1) is 0 Å². The highest BCUT2D eigenvalue weighted by Crippen LogP contribution is 2.31. The van der Waals surface area contributed by atoms with E-state index < -0.39 is 0 Å². The van der Waals surface area contributed by atoms with Gasteiger partial charge in [0, 0.05) is 5.56 Å². The van der Waals surface area contributed by atoms with Crippen molar-refractivity contribution in [1.29, 1.82) is 0 Å². The first kappa shape index (κ1) is 19.5. The maximum atomic E-state index is 9.80. The van der Waals surface area contributed by atoms with Crippen molar-refractivity contribution < 1.29 is 14.6 Å². The summed E-state index contributed by atoms with van der Waals surface area (Å²) in [5, 5.41) is 13.3. The van der Waals surface area contributed by atoms with Crippen LogP contribution < -0.4 is 14.8 Å². The summed E-state index contributed by atoms with van der Waals surface area (Å²) in [7, 11) is 3.19. The molecule has 0 spiro atoms. The number of ether oxygens (including phenoxy) is 2. The average Bonchev–Trinajstić information content (AvgIpc) is 2.74. The third-order valence-corrected chi connectivity index (χ3v) is 4.51. The van der Waals surface area contributed by atoms with E-state index in [1.54, 1.807) is 37.7 Å². The van der Waals surface area contributed by atoms with Gasteiger partial charge in [0.25, 0.3) is 0 Å². The first-order chi connectivity index (χ1) is 13.6. The van der Waals surface area contributed by atoms with Crippen LogP contribution in [0.15, 0.2) is 54.9 Å².